The van der Waals surface area contributed by atoms with Crippen molar-refractivity contribution in [1.29, 1.82) is 0 Å². The van der Waals surface area contributed by atoms with E-state index in [9.17, 15) is 37.1 Å². The highest BCUT2D eigenvalue weighted by atomic mass is 35.5. The van der Waals surface area contributed by atoms with Gasteiger partial charge in [-0.15, -0.1) is 0 Å². The Kier molecular flexibility index (Phi) is 7.40. The predicted molar refractivity (Wildman–Crippen MR) is 132 cm³/mol. The number of fused-ring (bicyclic) bond motifs is 1. The highest BCUT2D eigenvalue weighted by Crippen LogP contribution is 2.65. The Labute approximate surface area is 229 Å². The molecule has 2 aliphatic heterocycles. The maximum absolute atomic E-state index is 13.8. The number of carbonyl (C=O) groups is 5. The number of amides is 5. The van der Waals surface area contributed by atoms with Crippen LogP contribution in [0.15, 0.2) is 0 Å². The minimum Gasteiger partial charge on any atom is -0.356 e. The van der Waals surface area contributed by atoms with Crippen LogP contribution in [0.4, 0.5) is 13.2 Å². The summed E-state index contributed by atoms with van der Waals surface area (Å²) in [7, 11) is 0. The van der Waals surface area contributed by atoms with Crippen LogP contribution in [-0.4, -0.2) is 82.7 Å². The monoisotopic (exact) mass is 577 g/mol. The number of likely N-dealkylation sites (tertiary alicyclic amines) is 1. The lowest BCUT2D eigenvalue weighted by Gasteiger charge is -2.38. The van der Waals surface area contributed by atoms with Gasteiger partial charge in [0.15, 0.2) is 0 Å². The van der Waals surface area contributed by atoms with Gasteiger partial charge >= 0.3 is 0 Å². The van der Waals surface area contributed by atoms with Crippen LogP contribution in [0.1, 0.15) is 47.5 Å². The van der Waals surface area contributed by atoms with Gasteiger partial charge in [-0.3, -0.25) is 29.4 Å². The summed E-state index contributed by atoms with van der Waals surface area (Å²) in [6, 6.07) is -2.28. The van der Waals surface area contributed by atoms with Gasteiger partial charge < -0.3 is 15.5 Å². The largest absolute Gasteiger partial charge is 0.356 e. The lowest BCUT2D eigenvalue weighted by molar-refractivity contribution is -0.151. The fourth-order valence-corrected chi connectivity index (χ4v) is 6.03. The first kappa shape index (κ1) is 29.4. The molecular weight excluding hydrogens is 543 g/mol. The van der Waals surface area contributed by atoms with Gasteiger partial charge in [-0.05, 0) is 29.1 Å². The summed E-state index contributed by atoms with van der Waals surface area (Å²) >= 11 is 5.37. The first-order valence-electron chi connectivity index (χ1n) is 13.0. The minimum absolute atomic E-state index is 0.0620. The molecule has 4 aliphatic rings. The fourth-order valence-electron chi connectivity index (χ4n) is 5.92. The molecule has 4 rings (SSSR count). The summed E-state index contributed by atoms with van der Waals surface area (Å²) < 4.78 is 40.8. The zero-order valence-corrected chi connectivity index (χ0v) is 23.3. The summed E-state index contributed by atoms with van der Waals surface area (Å²) in [5, 5.41) is 5.76. The zero-order chi connectivity index (χ0) is 29.2. The van der Waals surface area contributed by atoms with Crippen molar-refractivity contribution in [1.82, 2.24) is 26.0 Å². The zero-order valence-electron chi connectivity index (χ0n) is 22.5. The lowest BCUT2D eigenvalue weighted by Crippen LogP contribution is -2.61. The highest BCUT2D eigenvalue weighted by Gasteiger charge is 2.70. The third-order valence-electron chi connectivity index (χ3n) is 8.57. The number of rotatable bonds is 7. The van der Waals surface area contributed by atoms with Crippen LogP contribution in [0.2, 0.25) is 0 Å². The molecule has 2 saturated heterocycles. The second-order valence-electron chi connectivity index (χ2n) is 12.7. The van der Waals surface area contributed by atoms with Crippen LogP contribution in [0.25, 0.3) is 0 Å². The number of hydrazine groups is 1. The van der Waals surface area contributed by atoms with Gasteiger partial charge in [-0.1, -0.05) is 46.2 Å². The predicted octanol–water partition coefficient (Wildman–Crippen LogP) is 1.19. The van der Waals surface area contributed by atoms with Crippen molar-refractivity contribution in [2.75, 3.05) is 19.6 Å². The number of hydrogen-bond donors (Lipinski definition) is 3. The molecule has 2 heterocycles. The molecular formula is C25H35ClF3N5O5. The molecule has 14 heteroatoms. The number of carbonyl (C=O) groups excluding carboxylic acids is 5. The van der Waals surface area contributed by atoms with Gasteiger partial charge in [0.2, 0.25) is 17.7 Å². The molecule has 0 aromatic heterocycles. The molecule has 0 radical (unpaired) electrons. The number of alkyl halides is 4. The number of nitrogens with one attached hydrogen (secondary N) is 3. The van der Waals surface area contributed by atoms with Crippen LogP contribution < -0.4 is 16.1 Å². The molecule has 10 nitrogen and oxygen atoms in total. The molecule has 3 N–H and O–H groups in total. The second kappa shape index (κ2) is 9.81. The van der Waals surface area contributed by atoms with Crippen molar-refractivity contribution < 1.29 is 37.1 Å². The first-order valence-corrected chi connectivity index (χ1v) is 13.5. The molecule has 5 amide bonds. The molecule has 0 bridgehead atoms. The molecule has 39 heavy (non-hydrogen) atoms. The van der Waals surface area contributed by atoms with E-state index in [-0.39, 0.29) is 36.2 Å². The lowest BCUT2D eigenvalue weighted by atomic mass is 9.85. The Balaban J connectivity index is 1.55. The van der Waals surface area contributed by atoms with Gasteiger partial charge in [0, 0.05) is 19.5 Å². The SMILES string of the molecule is CC(C)(C)[C@H](NC(=O)C1CC1(F)F)C(=O)N1C[C@H]2[C@@H]([C@H]1C(=O)NN(C[C@@H]1CCNC1=O)C(=O)[C@@H](F)Cl)C2(C)C. The average Bonchev–Trinajstić information content (AvgIpc) is 3.37. The van der Waals surface area contributed by atoms with Gasteiger partial charge in [0.1, 0.15) is 18.0 Å². The van der Waals surface area contributed by atoms with Crippen molar-refractivity contribution in [2.45, 2.75) is 71.1 Å². The Bertz CT molecular complexity index is 1080. The van der Waals surface area contributed by atoms with Crippen molar-refractivity contribution in [3.8, 4) is 0 Å². The van der Waals surface area contributed by atoms with Crippen molar-refractivity contribution in [3.05, 3.63) is 0 Å². The summed E-state index contributed by atoms with van der Waals surface area (Å²) in [5.41, 5.74) is -1.28. The number of hydrogen-bond acceptors (Lipinski definition) is 5. The summed E-state index contributed by atoms with van der Waals surface area (Å²) in [6.07, 6.45) is -0.216. The van der Waals surface area contributed by atoms with Gasteiger partial charge in [0.05, 0.1) is 12.5 Å². The topological polar surface area (TPSA) is 128 Å². The number of piperidine rings is 1. The van der Waals surface area contributed by atoms with Gasteiger partial charge in [0.25, 0.3) is 23.4 Å². The van der Waals surface area contributed by atoms with E-state index in [1.807, 2.05) is 13.8 Å². The number of nitrogens with zero attached hydrogens (tertiary/aromatic N) is 2. The Morgan fingerprint density at radius 3 is 2.31 bits per heavy atom. The minimum atomic E-state index is -3.11. The standard InChI is InChI=1S/C25H35ClF3N5O5/c1-23(2,3)16(31-19(36)12-8-25(12,28)29)21(38)33-10-13-14(24(13,4)5)15(33)20(37)32-34(22(39)17(26)27)9-11-6-7-30-18(11)35/h11-17H,6-10H2,1-5H3,(H,30,35)(H,31,36)(H,32,37)/t11-,12?,13-,14-,15-,16+,17+/m0/s1. The molecule has 218 valence electrons. The Morgan fingerprint density at radius 2 is 1.82 bits per heavy atom. The van der Waals surface area contributed by atoms with Crippen molar-refractivity contribution in [2.24, 2.45) is 34.5 Å². The summed E-state index contributed by atoms with van der Waals surface area (Å²) in [4.78, 5) is 65.8. The van der Waals surface area contributed by atoms with Crippen LogP contribution in [0.5, 0.6) is 0 Å². The second-order valence-corrected chi connectivity index (χ2v) is 13.1. The molecule has 1 unspecified atom stereocenters. The van der Waals surface area contributed by atoms with E-state index in [1.54, 1.807) is 20.8 Å². The maximum Gasteiger partial charge on any atom is 0.291 e. The van der Waals surface area contributed by atoms with Crippen molar-refractivity contribution >= 4 is 41.1 Å². The molecule has 4 fully saturated rings. The van der Waals surface area contributed by atoms with E-state index in [4.69, 9.17) is 11.6 Å². The van der Waals surface area contributed by atoms with E-state index in [2.05, 4.69) is 16.1 Å². The van der Waals surface area contributed by atoms with Crippen LogP contribution >= 0.6 is 11.6 Å². The smallest absolute Gasteiger partial charge is 0.291 e. The van der Waals surface area contributed by atoms with E-state index in [0.717, 1.165) is 0 Å². The molecule has 0 aromatic rings. The van der Waals surface area contributed by atoms with Crippen LogP contribution in [0.3, 0.4) is 0 Å². The molecule has 0 spiro atoms. The molecule has 0 aromatic carbocycles. The van der Waals surface area contributed by atoms with Gasteiger partial charge in [-0.25, -0.2) is 18.2 Å². The average molecular weight is 578 g/mol. The van der Waals surface area contributed by atoms with E-state index >= 15 is 0 Å². The van der Waals surface area contributed by atoms with E-state index < -0.39 is 70.9 Å². The quantitative estimate of drug-likeness (QED) is 0.309. The van der Waals surface area contributed by atoms with E-state index in [1.165, 1.54) is 4.90 Å². The molecule has 7 atom stereocenters. The Morgan fingerprint density at radius 1 is 1.21 bits per heavy atom. The molecule has 2 saturated carbocycles. The third-order valence-corrected chi connectivity index (χ3v) is 8.75. The fraction of sp³-hybridized carbons (Fsp3) is 0.800. The summed E-state index contributed by atoms with van der Waals surface area (Å²) in [6.45, 7) is 9.13. The maximum atomic E-state index is 13.8. The molecule has 2 aliphatic carbocycles. The first-order chi connectivity index (χ1) is 17.9. The van der Waals surface area contributed by atoms with Crippen LogP contribution in [-0.2, 0) is 24.0 Å². The number of halogens is 4. The normalized spacial score (nSPS) is 31.5. The summed E-state index contributed by atoms with van der Waals surface area (Å²) in [5.74, 6) is -9.57. The van der Waals surface area contributed by atoms with Crippen LogP contribution in [0, 0.1) is 34.5 Å². The highest BCUT2D eigenvalue weighted by molar-refractivity contribution is 6.29. The van der Waals surface area contributed by atoms with E-state index in [0.29, 0.717) is 18.0 Å². The Hall–Kier alpha value is -2.57. The third kappa shape index (κ3) is 5.55. The van der Waals surface area contributed by atoms with Crippen molar-refractivity contribution in [3.63, 3.8) is 0 Å². The van der Waals surface area contributed by atoms with Gasteiger partial charge in [-0.2, -0.15) is 0 Å².